The van der Waals surface area contributed by atoms with E-state index in [1.54, 1.807) is 7.11 Å². The summed E-state index contributed by atoms with van der Waals surface area (Å²) in [5, 5.41) is 10.2. The number of carbonyl (C=O) groups excluding carboxylic acids is 1. The average Bonchev–Trinajstić information content (AvgIpc) is 3.14. The van der Waals surface area contributed by atoms with Gasteiger partial charge < -0.3 is 10.1 Å². The number of amides is 1. The number of aromatic amines is 1. The molecule has 27 heavy (non-hydrogen) atoms. The summed E-state index contributed by atoms with van der Waals surface area (Å²) >= 11 is 0. The summed E-state index contributed by atoms with van der Waals surface area (Å²) in [6.07, 6.45) is 4.21. The van der Waals surface area contributed by atoms with Crippen molar-refractivity contribution in [3.8, 4) is 17.1 Å². The highest BCUT2D eigenvalue weighted by atomic mass is 16.5. The summed E-state index contributed by atoms with van der Waals surface area (Å²) in [6.45, 7) is 7.26. The Hall–Kier alpha value is -2.37. The molecule has 1 aliphatic carbocycles. The lowest BCUT2D eigenvalue weighted by atomic mass is 9.70. The van der Waals surface area contributed by atoms with Gasteiger partial charge in [-0.2, -0.15) is 5.10 Å². The Kier molecular flexibility index (Phi) is 5.82. The summed E-state index contributed by atoms with van der Waals surface area (Å²) in [6, 6.07) is 7.58. The predicted molar refractivity (Wildman–Crippen MR) is 105 cm³/mol. The predicted octanol–water partition coefficient (Wildman–Crippen LogP) is 3.95. The Morgan fingerprint density at radius 3 is 2.44 bits per heavy atom. The molecule has 1 aromatic heterocycles. The molecule has 1 amide bonds. The van der Waals surface area contributed by atoms with E-state index < -0.39 is 0 Å². The lowest BCUT2D eigenvalue weighted by Crippen LogP contribution is -2.35. The standard InChI is InChI=1S/C21H30N4O2/c1-21(2,3)16-9-5-15(6-10-16)20(26)22-13-18-23-19(25-24-18)14-7-11-17(27-4)12-8-14/h7-8,11-12,15-16H,5-6,9-10,13H2,1-4H3,(H,22,26)(H,23,24,25). The average molecular weight is 370 g/mol. The van der Waals surface area contributed by atoms with Crippen LogP contribution >= 0.6 is 0 Å². The van der Waals surface area contributed by atoms with Gasteiger partial charge in [-0.3, -0.25) is 9.89 Å². The van der Waals surface area contributed by atoms with Gasteiger partial charge in [0.2, 0.25) is 5.91 Å². The van der Waals surface area contributed by atoms with E-state index in [0.717, 1.165) is 37.0 Å². The van der Waals surface area contributed by atoms with Gasteiger partial charge in [0.1, 0.15) is 11.6 Å². The minimum atomic E-state index is 0.118. The number of methoxy groups -OCH3 is 1. The largest absolute Gasteiger partial charge is 0.497 e. The van der Waals surface area contributed by atoms with Gasteiger partial charge >= 0.3 is 0 Å². The molecular weight excluding hydrogens is 340 g/mol. The Morgan fingerprint density at radius 2 is 1.85 bits per heavy atom. The molecule has 1 aliphatic rings. The summed E-state index contributed by atoms with van der Waals surface area (Å²) < 4.78 is 5.16. The van der Waals surface area contributed by atoms with Crippen molar-refractivity contribution in [1.29, 1.82) is 0 Å². The zero-order chi connectivity index (χ0) is 19.4. The molecule has 0 bridgehead atoms. The molecule has 146 valence electrons. The lowest BCUT2D eigenvalue weighted by Gasteiger charge is -2.36. The summed E-state index contributed by atoms with van der Waals surface area (Å²) in [5.41, 5.74) is 1.24. The van der Waals surface area contributed by atoms with Gasteiger partial charge in [-0.25, -0.2) is 4.98 Å². The summed E-state index contributed by atoms with van der Waals surface area (Å²) in [7, 11) is 1.64. The summed E-state index contributed by atoms with van der Waals surface area (Å²) in [5.74, 6) is 3.04. The van der Waals surface area contributed by atoms with E-state index in [-0.39, 0.29) is 11.8 Å². The van der Waals surface area contributed by atoms with Gasteiger partial charge in [0, 0.05) is 11.5 Å². The molecule has 2 N–H and O–H groups in total. The smallest absolute Gasteiger partial charge is 0.223 e. The van der Waals surface area contributed by atoms with Crippen molar-refractivity contribution in [1.82, 2.24) is 20.5 Å². The molecule has 0 atom stereocenters. The molecule has 0 saturated heterocycles. The van der Waals surface area contributed by atoms with E-state index in [0.29, 0.717) is 29.5 Å². The molecule has 0 spiro atoms. The number of ether oxygens (including phenoxy) is 1. The van der Waals surface area contributed by atoms with Crippen molar-refractivity contribution < 1.29 is 9.53 Å². The fourth-order valence-electron chi connectivity index (χ4n) is 3.78. The number of nitrogens with zero attached hydrogens (tertiary/aromatic N) is 2. The maximum Gasteiger partial charge on any atom is 0.223 e. The second kappa shape index (κ2) is 8.11. The van der Waals surface area contributed by atoms with Crippen LogP contribution in [0.25, 0.3) is 11.4 Å². The van der Waals surface area contributed by atoms with Crippen LogP contribution in [-0.4, -0.2) is 28.2 Å². The topological polar surface area (TPSA) is 79.9 Å². The van der Waals surface area contributed by atoms with Crippen molar-refractivity contribution in [2.75, 3.05) is 7.11 Å². The zero-order valence-electron chi connectivity index (χ0n) is 16.7. The molecule has 6 heteroatoms. The first kappa shape index (κ1) is 19.4. The van der Waals surface area contributed by atoms with Crippen molar-refractivity contribution in [3.63, 3.8) is 0 Å². The number of carbonyl (C=O) groups is 1. The molecule has 0 radical (unpaired) electrons. The van der Waals surface area contributed by atoms with E-state index >= 15 is 0 Å². The molecule has 1 aromatic carbocycles. The second-order valence-corrected chi connectivity index (χ2v) is 8.47. The third-order valence-corrected chi connectivity index (χ3v) is 5.63. The van der Waals surface area contributed by atoms with Gasteiger partial charge in [-0.05, 0) is 61.3 Å². The highest BCUT2D eigenvalue weighted by Gasteiger charge is 2.32. The number of aromatic nitrogens is 3. The van der Waals surface area contributed by atoms with Crippen LogP contribution in [0.3, 0.4) is 0 Å². The first-order chi connectivity index (χ1) is 12.9. The van der Waals surface area contributed by atoms with Crippen LogP contribution in [0.2, 0.25) is 0 Å². The van der Waals surface area contributed by atoms with E-state index in [1.807, 2.05) is 24.3 Å². The third-order valence-electron chi connectivity index (χ3n) is 5.63. The molecule has 6 nitrogen and oxygen atoms in total. The zero-order valence-corrected chi connectivity index (χ0v) is 16.7. The van der Waals surface area contributed by atoms with Gasteiger partial charge in [0.05, 0.1) is 13.7 Å². The van der Waals surface area contributed by atoms with Crippen molar-refractivity contribution in [2.24, 2.45) is 17.3 Å². The number of nitrogens with one attached hydrogen (secondary N) is 2. The van der Waals surface area contributed by atoms with Crippen LogP contribution in [0.1, 0.15) is 52.3 Å². The normalized spacial score (nSPS) is 20.3. The van der Waals surface area contributed by atoms with Crippen molar-refractivity contribution >= 4 is 5.91 Å². The van der Waals surface area contributed by atoms with Gasteiger partial charge in [-0.1, -0.05) is 20.8 Å². The van der Waals surface area contributed by atoms with Gasteiger partial charge in [-0.15, -0.1) is 0 Å². The molecule has 0 unspecified atom stereocenters. The summed E-state index contributed by atoms with van der Waals surface area (Å²) in [4.78, 5) is 17.0. The van der Waals surface area contributed by atoms with E-state index in [4.69, 9.17) is 4.74 Å². The van der Waals surface area contributed by atoms with Crippen molar-refractivity contribution in [3.05, 3.63) is 30.1 Å². The van der Waals surface area contributed by atoms with Crippen LogP contribution in [0, 0.1) is 17.3 Å². The van der Waals surface area contributed by atoms with Gasteiger partial charge in [0.15, 0.2) is 5.82 Å². The third kappa shape index (κ3) is 4.87. The molecule has 3 rings (SSSR count). The van der Waals surface area contributed by atoms with Crippen LogP contribution < -0.4 is 10.1 Å². The number of benzene rings is 1. The van der Waals surface area contributed by atoms with E-state index in [1.165, 1.54) is 0 Å². The minimum Gasteiger partial charge on any atom is -0.497 e. The number of hydrogen-bond acceptors (Lipinski definition) is 4. The Bertz CT molecular complexity index is 753. The maximum atomic E-state index is 12.5. The number of rotatable bonds is 5. The highest BCUT2D eigenvalue weighted by Crippen LogP contribution is 2.39. The molecule has 1 saturated carbocycles. The molecule has 0 aliphatic heterocycles. The molecule has 1 heterocycles. The monoisotopic (exact) mass is 370 g/mol. The first-order valence-electron chi connectivity index (χ1n) is 9.70. The molecule has 2 aromatic rings. The van der Waals surface area contributed by atoms with E-state index in [2.05, 4.69) is 41.3 Å². The first-order valence-corrected chi connectivity index (χ1v) is 9.70. The van der Waals surface area contributed by atoms with E-state index in [9.17, 15) is 4.79 Å². The number of hydrogen-bond donors (Lipinski definition) is 2. The lowest BCUT2D eigenvalue weighted by molar-refractivity contribution is -0.126. The second-order valence-electron chi connectivity index (χ2n) is 8.47. The molecule has 1 fully saturated rings. The fourth-order valence-corrected chi connectivity index (χ4v) is 3.78. The Labute approximate surface area is 161 Å². The quantitative estimate of drug-likeness (QED) is 0.835. The minimum absolute atomic E-state index is 0.118. The van der Waals surface area contributed by atoms with Crippen LogP contribution in [0.4, 0.5) is 0 Å². The fraction of sp³-hybridized carbons (Fsp3) is 0.571. The van der Waals surface area contributed by atoms with Crippen molar-refractivity contribution in [2.45, 2.75) is 53.0 Å². The van der Waals surface area contributed by atoms with Gasteiger partial charge in [0.25, 0.3) is 0 Å². The van der Waals surface area contributed by atoms with Crippen LogP contribution in [0.5, 0.6) is 5.75 Å². The number of H-pyrrole nitrogens is 1. The molecular formula is C21H30N4O2. The Morgan fingerprint density at radius 1 is 1.19 bits per heavy atom. The van der Waals surface area contributed by atoms with Crippen LogP contribution in [0.15, 0.2) is 24.3 Å². The highest BCUT2D eigenvalue weighted by molar-refractivity contribution is 5.78. The maximum absolute atomic E-state index is 12.5. The SMILES string of the molecule is COc1ccc(-c2n[nH]c(CNC(=O)C3CCC(C(C)(C)C)CC3)n2)cc1. The van der Waals surface area contributed by atoms with Crippen LogP contribution in [-0.2, 0) is 11.3 Å². The Balaban J connectivity index is 1.50.